The summed E-state index contributed by atoms with van der Waals surface area (Å²) in [6.45, 7) is 2.02. The fourth-order valence-corrected chi connectivity index (χ4v) is 2.00. The fraction of sp³-hybridized carbons (Fsp3) is 0.125. The minimum atomic E-state index is -0.396. The first-order chi connectivity index (χ1) is 10.2. The molecule has 0 spiro atoms. The third-order valence-corrected chi connectivity index (χ3v) is 3.19. The summed E-state index contributed by atoms with van der Waals surface area (Å²) >= 11 is 0. The third-order valence-electron chi connectivity index (χ3n) is 3.19. The van der Waals surface area contributed by atoms with Crippen LogP contribution in [0.15, 0.2) is 42.5 Å². The number of hydrogen-bond donors (Lipinski definition) is 0. The van der Waals surface area contributed by atoms with Crippen LogP contribution < -0.4 is 0 Å². The zero-order valence-corrected chi connectivity index (χ0v) is 11.7. The van der Waals surface area contributed by atoms with Gasteiger partial charge in [0, 0.05) is 5.56 Å². The molecule has 1 heterocycles. The summed E-state index contributed by atoms with van der Waals surface area (Å²) in [5, 5.41) is 8.27. The van der Waals surface area contributed by atoms with Gasteiger partial charge in [-0.15, -0.1) is 10.2 Å². The molecule has 5 nitrogen and oxygen atoms in total. The number of fused-ring (bicyclic) bond motifs is 1. The Morgan fingerprint density at radius 2 is 1.76 bits per heavy atom. The van der Waals surface area contributed by atoms with Gasteiger partial charge in [-0.25, -0.2) is 9.78 Å². The first-order valence-corrected chi connectivity index (χ1v) is 6.47. The van der Waals surface area contributed by atoms with Gasteiger partial charge in [-0.2, -0.15) is 0 Å². The highest BCUT2D eigenvalue weighted by atomic mass is 16.5. The van der Waals surface area contributed by atoms with E-state index in [0.29, 0.717) is 22.4 Å². The zero-order valence-electron chi connectivity index (χ0n) is 11.7. The number of benzene rings is 2. The van der Waals surface area contributed by atoms with Crippen LogP contribution in [0.2, 0.25) is 0 Å². The predicted molar refractivity (Wildman–Crippen MR) is 78.8 cm³/mol. The van der Waals surface area contributed by atoms with E-state index in [4.69, 9.17) is 4.74 Å². The van der Waals surface area contributed by atoms with Crippen LogP contribution in [-0.2, 0) is 4.74 Å². The van der Waals surface area contributed by atoms with Crippen LogP contribution in [0, 0.1) is 6.92 Å². The van der Waals surface area contributed by atoms with Gasteiger partial charge >= 0.3 is 5.97 Å². The van der Waals surface area contributed by atoms with Crippen molar-refractivity contribution >= 4 is 17.0 Å². The van der Waals surface area contributed by atoms with Crippen molar-refractivity contribution in [2.75, 3.05) is 7.11 Å². The number of hydrogen-bond acceptors (Lipinski definition) is 5. The lowest BCUT2D eigenvalue weighted by molar-refractivity contribution is 0.0601. The van der Waals surface area contributed by atoms with E-state index in [1.165, 1.54) is 12.7 Å². The van der Waals surface area contributed by atoms with Gasteiger partial charge in [0.2, 0.25) is 0 Å². The first kappa shape index (κ1) is 13.2. The van der Waals surface area contributed by atoms with Crippen LogP contribution in [-0.4, -0.2) is 28.3 Å². The molecule has 0 amide bonds. The summed E-state index contributed by atoms with van der Waals surface area (Å²) in [4.78, 5) is 16.0. The quantitative estimate of drug-likeness (QED) is 0.675. The number of aromatic nitrogens is 3. The highest BCUT2D eigenvalue weighted by Gasteiger charge is 2.09. The molecule has 0 saturated heterocycles. The Morgan fingerprint density at radius 3 is 2.48 bits per heavy atom. The van der Waals surface area contributed by atoms with E-state index in [1.54, 1.807) is 18.2 Å². The van der Waals surface area contributed by atoms with Crippen molar-refractivity contribution in [3.63, 3.8) is 0 Å². The van der Waals surface area contributed by atoms with Gasteiger partial charge in [0.25, 0.3) is 0 Å². The van der Waals surface area contributed by atoms with Crippen molar-refractivity contribution in [1.29, 1.82) is 0 Å². The molecule has 0 N–H and O–H groups in total. The molecule has 0 atom stereocenters. The molecule has 0 unspecified atom stereocenters. The minimum Gasteiger partial charge on any atom is -0.465 e. The second-order valence-corrected chi connectivity index (χ2v) is 4.70. The van der Waals surface area contributed by atoms with E-state index in [1.807, 2.05) is 31.2 Å². The van der Waals surface area contributed by atoms with Gasteiger partial charge in [0.1, 0.15) is 5.52 Å². The van der Waals surface area contributed by atoms with Crippen LogP contribution in [0.1, 0.15) is 15.9 Å². The lowest BCUT2D eigenvalue weighted by Crippen LogP contribution is -2.02. The highest BCUT2D eigenvalue weighted by molar-refractivity contribution is 5.93. The van der Waals surface area contributed by atoms with Crippen LogP contribution in [0.4, 0.5) is 0 Å². The summed E-state index contributed by atoms with van der Waals surface area (Å²) in [6, 6.07) is 12.9. The summed E-state index contributed by atoms with van der Waals surface area (Å²) in [5.41, 5.74) is 3.75. The molecule has 0 aliphatic rings. The van der Waals surface area contributed by atoms with Crippen LogP contribution in [0.25, 0.3) is 22.4 Å². The van der Waals surface area contributed by atoms with Crippen molar-refractivity contribution < 1.29 is 9.53 Å². The van der Waals surface area contributed by atoms with Gasteiger partial charge in [-0.05, 0) is 25.1 Å². The molecular weight excluding hydrogens is 266 g/mol. The number of esters is 1. The Hall–Kier alpha value is -2.82. The number of ether oxygens (including phenoxy) is 1. The largest absolute Gasteiger partial charge is 0.465 e. The maximum atomic E-state index is 11.6. The van der Waals surface area contributed by atoms with Crippen molar-refractivity contribution in [2.24, 2.45) is 0 Å². The van der Waals surface area contributed by atoms with Crippen LogP contribution in [0.5, 0.6) is 0 Å². The van der Waals surface area contributed by atoms with Gasteiger partial charge in [-0.1, -0.05) is 29.8 Å². The number of aryl methyl sites for hydroxylation is 1. The second kappa shape index (κ2) is 5.28. The number of nitrogens with zero attached hydrogens (tertiary/aromatic N) is 3. The summed E-state index contributed by atoms with van der Waals surface area (Å²) in [6.07, 6.45) is 0. The van der Waals surface area contributed by atoms with Crippen molar-refractivity contribution in [3.8, 4) is 11.4 Å². The SMILES string of the molecule is COC(=O)c1ccc2nnc(-c3ccc(C)cc3)nc2c1. The molecule has 0 bridgehead atoms. The number of methoxy groups -OCH3 is 1. The number of carbonyl (C=O) groups is 1. The number of rotatable bonds is 2. The standard InChI is InChI=1S/C16H13N3O2/c1-10-3-5-11(6-4-10)15-17-14-9-12(16(20)21-2)7-8-13(14)18-19-15/h3-9H,1-2H3. The van der Waals surface area contributed by atoms with Crippen LogP contribution >= 0.6 is 0 Å². The summed E-state index contributed by atoms with van der Waals surface area (Å²) in [5.74, 6) is 0.136. The molecule has 0 radical (unpaired) electrons. The molecule has 0 aliphatic carbocycles. The first-order valence-electron chi connectivity index (χ1n) is 6.47. The Morgan fingerprint density at radius 1 is 1.00 bits per heavy atom. The fourth-order valence-electron chi connectivity index (χ4n) is 2.00. The zero-order chi connectivity index (χ0) is 14.8. The molecule has 1 aromatic heterocycles. The van der Waals surface area contributed by atoms with Gasteiger partial charge in [0.15, 0.2) is 5.82 Å². The molecule has 0 saturated carbocycles. The summed E-state index contributed by atoms with van der Waals surface area (Å²) in [7, 11) is 1.35. The molecule has 0 fully saturated rings. The Labute approximate surface area is 121 Å². The van der Waals surface area contributed by atoms with E-state index in [0.717, 1.165) is 5.56 Å². The van der Waals surface area contributed by atoms with Crippen molar-refractivity contribution in [1.82, 2.24) is 15.2 Å². The van der Waals surface area contributed by atoms with Gasteiger partial charge in [0.05, 0.1) is 18.2 Å². The average Bonchev–Trinajstić information content (AvgIpc) is 2.53. The monoisotopic (exact) mass is 279 g/mol. The second-order valence-electron chi connectivity index (χ2n) is 4.70. The maximum absolute atomic E-state index is 11.6. The molecule has 5 heteroatoms. The topological polar surface area (TPSA) is 65.0 Å². The molecular formula is C16H13N3O2. The maximum Gasteiger partial charge on any atom is 0.337 e. The lowest BCUT2D eigenvalue weighted by Gasteiger charge is -2.03. The molecule has 2 aromatic carbocycles. The predicted octanol–water partition coefficient (Wildman–Crippen LogP) is 2.79. The Bertz CT molecular complexity index is 813. The minimum absolute atomic E-state index is 0.396. The normalized spacial score (nSPS) is 10.6. The molecule has 104 valence electrons. The average molecular weight is 279 g/mol. The van der Waals surface area contributed by atoms with E-state index < -0.39 is 5.97 Å². The van der Waals surface area contributed by atoms with Crippen molar-refractivity contribution in [3.05, 3.63) is 53.6 Å². The molecule has 21 heavy (non-hydrogen) atoms. The Kier molecular flexibility index (Phi) is 3.31. The molecule has 0 aliphatic heterocycles. The van der Waals surface area contributed by atoms with Crippen molar-refractivity contribution in [2.45, 2.75) is 6.92 Å². The third kappa shape index (κ3) is 2.58. The Balaban J connectivity index is 2.09. The van der Waals surface area contributed by atoms with E-state index in [-0.39, 0.29) is 0 Å². The van der Waals surface area contributed by atoms with E-state index in [2.05, 4.69) is 15.2 Å². The smallest absolute Gasteiger partial charge is 0.337 e. The molecule has 3 rings (SSSR count). The summed E-state index contributed by atoms with van der Waals surface area (Å²) < 4.78 is 4.71. The highest BCUT2D eigenvalue weighted by Crippen LogP contribution is 2.18. The molecule has 3 aromatic rings. The van der Waals surface area contributed by atoms with E-state index >= 15 is 0 Å². The van der Waals surface area contributed by atoms with Gasteiger partial charge < -0.3 is 4.74 Å². The van der Waals surface area contributed by atoms with E-state index in [9.17, 15) is 4.79 Å². The number of carbonyl (C=O) groups excluding carboxylic acids is 1. The van der Waals surface area contributed by atoms with Crippen LogP contribution in [0.3, 0.4) is 0 Å². The van der Waals surface area contributed by atoms with Gasteiger partial charge in [-0.3, -0.25) is 0 Å². The lowest BCUT2D eigenvalue weighted by atomic mass is 10.1.